The van der Waals surface area contributed by atoms with E-state index in [-0.39, 0.29) is 22.3 Å². The van der Waals surface area contributed by atoms with Crippen molar-refractivity contribution < 1.29 is 9.13 Å². The molecular weight excluding hydrogens is 345 g/mol. The number of para-hydroxylation sites is 1. The molecule has 1 N–H and O–H groups in total. The maximum absolute atomic E-state index is 14.1. The fraction of sp³-hybridized carbons (Fsp3) is 0.0476. The van der Waals surface area contributed by atoms with Gasteiger partial charge >= 0.3 is 0 Å². The third-order valence-electron chi connectivity index (χ3n) is 3.91. The molecular formula is C21H18FN3O2. The first kappa shape index (κ1) is 18.1. The fourth-order valence-electron chi connectivity index (χ4n) is 2.70. The largest absolute Gasteiger partial charge is 0.479 e. The second kappa shape index (κ2) is 7.70. The second-order valence-corrected chi connectivity index (χ2v) is 5.60. The van der Waals surface area contributed by atoms with Gasteiger partial charge in [-0.15, -0.1) is 0 Å². The minimum absolute atomic E-state index is 0.149. The lowest BCUT2D eigenvalue weighted by Crippen LogP contribution is -2.15. The maximum Gasteiger partial charge on any atom is 0.252 e. The summed E-state index contributed by atoms with van der Waals surface area (Å²) in [6.07, 6.45) is 4.92. The minimum atomic E-state index is -0.694. The van der Waals surface area contributed by atoms with Crippen LogP contribution in [0.4, 0.5) is 10.2 Å². The van der Waals surface area contributed by atoms with Crippen LogP contribution in [0.3, 0.4) is 0 Å². The van der Waals surface area contributed by atoms with E-state index in [0.29, 0.717) is 11.5 Å². The normalized spacial score (nSPS) is 11.3. The Balaban J connectivity index is 2.39. The molecule has 3 rings (SSSR count). The highest BCUT2D eigenvalue weighted by Crippen LogP contribution is 2.25. The Morgan fingerprint density at radius 2 is 2.00 bits per heavy atom. The lowest BCUT2D eigenvalue weighted by atomic mass is 10.2. The molecule has 136 valence electrons. The Labute approximate surface area is 155 Å². The number of aromatic nitrogens is 2. The highest BCUT2D eigenvalue weighted by molar-refractivity contribution is 5.81. The third kappa shape index (κ3) is 3.50. The molecule has 6 heteroatoms. The zero-order valence-electron chi connectivity index (χ0n) is 14.8. The third-order valence-corrected chi connectivity index (χ3v) is 3.91. The van der Waals surface area contributed by atoms with Crippen molar-refractivity contribution in [2.24, 2.45) is 0 Å². The Morgan fingerprint density at radius 3 is 2.63 bits per heavy atom. The average molecular weight is 363 g/mol. The zero-order chi connectivity index (χ0) is 19.4. The minimum Gasteiger partial charge on any atom is -0.479 e. The monoisotopic (exact) mass is 363 g/mol. The van der Waals surface area contributed by atoms with Gasteiger partial charge in [-0.2, -0.15) is 4.98 Å². The van der Waals surface area contributed by atoms with E-state index in [1.54, 1.807) is 22.8 Å². The van der Waals surface area contributed by atoms with E-state index in [2.05, 4.69) is 23.5 Å². The molecule has 2 heterocycles. The Kier molecular flexibility index (Phi) is 5.17. The molecule has 0 aliphatic heterocycles. The molecule has 1 aromatic carbocycles. The van der Waals surface area contributed by atoms with Crippen LogP contribution in [0.25, 0.3) is 16.7 Å². The molecule has 3 aromatic rings. The van der Waals surface area contributed by atoms with Crippen molar-refractivity contribution in [2.45, 2.75) is 0 Å². The van der Waals surface area contributed by atoms with E-state index < -0.39 is 5.82 Å². The van der Waals surface area contributed by atoms with Crippen molar-refractivity contribution in [1.29, 1.82) is 0 Å². The number of nitrogens with zero attached hydrogens (tertiary/aromatic N) is 2. The van der Waals surface area contributed by atoms with Crippen LogP contribution >= 0.6 is 0 Å². The molecule has 0 saturated carbocycles. The van der Waals surface area contributed by atoms with E-state index in [0.717, 1.165) is 11.8 Å². The van der Waals surface area contributed by atoms with Gasteiger partial charge in [0.2, 0.25) is 0 Å². The molecule has 0 fully saturated rings. The van der Waals surface area contributed by atoms with Crippen molar-refractivity contribution >= 4 is 16.9 Å². The van der Waals surface area contributed by atoms with Gasteiger partial charge in [0.25, 0.3) is 5.88 Å². The molecule has 27 heavy (non-hydrogen) atoms. The van der Waals surface area contributed by atoms with Crippen LogP contribution < -0.4 is 15.5 Å². The zero-order valence-corrected chi connectivity index (χ0v) is 14.8. The number of nitrogens with one attached hydrogen (secondary N) is 1. The first-order chi connectivity index (χ1) is 13.1. The van der Waals surface area contributed by atoms with E-state index in [9.17, 15) is 9.18 Å². The molecule has 0 unspecified atom stereocenters. The molecule has 0 bridgehead atoms. The number of pyridine rings is 2. The molecule has 0 amide bonds. The molecule has 0 spiro atoms. The van der Waals surface area contributed by atoms with Crippen LogP contribution in [-0.4, -0.2) is 16.7 Å². The van der Waals surface area contributed by atoms with Crippen LogP contribution in [0.1, 0.15) is 0 Å². The first-order valence-electron chi connectivity index (χ1n) is 8.17. The molecule has 0 saturated heterocycles. The number of ether oxygens (including phenoxy) is 1. The van der Waals surface area contributed by atoms with E-state index in [1.165, 1.54) is 13.2 Å². The number of fused-ring (bicyclic) bond motifs is 1. The van der Waals surface area contributed by atoms with Crippen LogP contribution in [0.5, 0.6) is 5.88 Å². The van der Waals surface area contributed by atoms with E-state index >= 15 is 0 Å². The van der Waals surface area contributed by atoms with E-state index in [1.807, 2.05) is 30.3 Å². The van der Waals surface area contributed by atoms with E-state index in [4.69, 9.17) is 4.74 Å². The predicted octanol–water partition coefficient (Wildman–Crippen LogP) is 4.20. The summed E-state index contributed by atoms with van der Waals surface area (Å²) in [4.78, 5) is 16.8. The van der Waals surface area contributed by atoms with Gasteiger partial charge in [-0.1, -0.05) is 37.4 Å². The van der Waals surface area contributed by atoms with Crippen molar-refractivity contribution in [1.82, 2.24) is 9.55 Å². The van der Waals surface area contributed by atoms with Crippen LogP contribution in [0.2, 0.25) is 0 Å². The summed E-state index contributed by atoms with van der Waals surface area (Å²) in [5.41, 5.74) is 1.29. The highest BCUT2D eigenvalue weighted by Gasteiger charge is 2.16. The Bertz CT molecular complexity index is 1100. The second-order valence-electron chi connectivity index (χ2n) is 5.60. The molecule has 0 aliphatic rings. The van der Waals surface area contributed by atoms with Gasteiger partial charge < -0.3 is 10.1 Å². The lowest BCUT2D eigenvalue weighted by Gasteiger charge is -2.18. The van der Waals surface area contributed by atoms with Gasteiger partial charge in [-0.05, 0) is 30.4 Å². The topological polar surface area (TPSA) is 56.1 Å². The van der Waals surface area contributed by atoms with Crippen LogP contribution in [0.15, 0.2) is 84.3 Å². The molecule has 0 radical (unpaired) electrons. The quantitative estimate of drug-likeness (QED) is 0.667. The number of hydrogen-bond donors (Lipinski definition) is 1. The van der Waals surface area contributed by atoms with Crippen molar-refractivity contribution in [2.75, 3.05) is 12.4 Å². The summed E-state index contributed by atoms with van der Waals surface area (Å²) in [5.74, 6) is -0.428. The summed E-state index contributed by atoms with van der Waals surface area (Å²) in [5, 5.41) is 3.29. The van der Waals surface area contributed by atoms with Crippen molar-refractivity contribution in [3.63, 3.8) is 0 Å². The Morgan fingerprint density at radius 1 is 1.26 bits per heavy atom. The molecule has 5 nitrogen and oxygen atoms in total. The van der Waals surface area contributed by atoms with Gasteiger partial charge in [0.15, 0.2) is 16.9 Å². The number of anilines is 1. The number of benzene rings is 1. The van der Waals surface area contributed by atoms with Gasteiger partial charge in [0, 0.05) is 17.5 Å². The van der Waals surface area contributed by atoms with Crippen LogP contribution in [-0.2, 0) is 0 Å². The number of halogens is 1. The predicted molar refractivity (Wildman–Crippen MR) is 106 cm³/mol. The Hall–Kier alpha value is -3.67. The summed E-state index contributed by atoms with van der Waals surface area (Å²) >= 11 is 0. The molecule has 0 aliphatic carbocycles. The van der Waals surface area contributed by atoms with Crippen molar-refractivity contribution in [3.8, 4) is 11.6 Å². The number of rotatable bonds is 6. The number of methoxy groups -OCH3 is 1. The average Bonchev–Trinajstić information content (AvgIpc) is 2.68. The summed E-state index contributed by atoms with van der Waals surface area (Å²) in [6, 6.07) is 11.8. The SMILES string of the molecule is C=C/C=C(\C=C)Nc1cc(=O)c2cc(F)c(OC)nc2n1-c1ccccc1. The summed E-state index contributed by atoms with van der Waals surface area (Å²) in [7, 11) is 1.33. The summed E-state index contributed by atoms with van der Waals surface area (Å²) < 4.78 is 20.8. The first-order valence-corrected chi connectivity index (χ1v) is 8.17. The standard InChI is InChI=1S/C21H18FN3O2/c1-4-9-14(5-2)23-19-13-18(26)16-12-17(22)21(27-3)24-20(16)25(19)15-10-7-6-8-11-15/h4-13,23H,1-2H2,3H3/b14-9+. The molecule has 0 atom stereocenters. The van der Waals surface area contributed by atoms with Crippen LogP contribution in [0, 0.1) is 5.82 Å². The highest BCUT2D eigenvalue weighted by atomic mass is 19.1. The van der Waals surface area contributed by atoms with Gasteiger partial charge in [0.1, 0.15) is 5.82 Å². The number of hydrogen-bond acceptors (Lipinski definition) is 4. The summed E-state index contributed by atoms with van der Waals surface area (Å²) in [6.45, 7) is 7.42. The van der Waals surface area contributed by atoms with Gasteiger partial charge in [-0.3, -0.25) is 9.36 Å². The van der Waals surface area contributed by atoms with Gasteiger partial charge in [0.05, 0.1) is 12.5 Å². The van der Waals surface area contributed by atoms with Crippen molar-refractivity contribution in [3.05, 3.63) is 95.6 Å². The molecule has 2 aromatic heterocycles. The van der Waals surface area contributed by atoms with Gasteiger partial charge in [-0.25, -0.2) is 4.39 Å². The number of allylic oxidation sites excluding steroid dienone is 3. The smallest absolute Gasteiger partial charge is 0.252 e. The maximum atomic E-state index is 14.1. The lowest BCUT2D eigenvalue weighted by molar-refractivity contribution is 0.370. The fourth-order valence-corrected chi connectivity index (χ4v) is 2.70.